The molecule has 0 bridgehead atoms. The van der Waals surface area contributed by atoms with E-state index in [4.69, 9.17) is 14.2 Å². The first-order valence-corrected chi connectivity index (χ1v) is 16.8. The van der Waals surface area contributed by atoms with Crippen molar-refractivity contribution in [2.45, 2.75) is 35.8 Å². The van der Waals surface area contributed by atoms with Crippen molar-refractivity contribution in [1.29, 1.82) is 0 Å². The SMILES string of the molecule is CCOC(=O)c1ccc(NC(=O)Cn2c3c(sc2=O)[C@@H](c2ccc(OC)c(OC)c2)[C@@H]2C(=O)N(c4ccccc4C(F)(F)F)C(=O)[C@@H]2S3)cc1. The minimum absolute atomic E-state index is 0.197. The largest absolute Gasteiger partial charge is 0.493 e. The highest BCUT2D eigenvalue weighted by Crippen LogP contribution is 2.55. The first-order valence-electron chi connectivity index (χ1n) is 15.1. The topological polar surface area (TPSA) is 133 Å². The number of fused-ring (bicyclic) bond motifs is 2. The highest BCUT2D eigenvalue weighted by atomic mass is 32.2. The van der Waals surface area contributed by atoms with Gasteiger partial charge in [-0.2, -0.15) is 13.2 Å². The quantitative estimate of drug-likeness (QED) is 0.174. The molecule has 1 saturated heterocycles. The molecule has 1 fully saturated rings. The van der Waals surface area contributed by atoms with Crippen LogP contribution >= 0.6 is 23.1 Å². The number of benzene rings is 3. The van der Waals surface area contributed by atoms with Crippen LogP contribution in [-0.2, 0) is 31.8 Å². The summed E-state index contributed by atoms with van der Waals surface area (Å²) in [6, 6.07) is 15.1. The van der Waals surface area contributed by atoms with Crippen LogP contribution in [0, 0.1) is 5.92 Å². The molecule has 3 atom stereocenters. The zero-order valence-electron chi connectivity index (χ0n) is 26.6. The third kappa shape index (κ3) is 6.24. The molecule has 16 heteroatoms. The lowest BCUT2D eigenvalue weighted by Crippen LogP contribution is -2.33. The lowest BCUT2D eigenvalue weighted by atomic mass is 9.83. The van der Waals surface area contributed by atoms with Crippen LogP contribution < -0.4 is 24.6 Å². The van der Waals surface area contributed by atoms with Gasteiger partial charge in [-0.05, 0) is 61.0 Å². The molecule has 6 rings (SSSR count). The summed E-state index contributed by atoms with van der Waals surface area (Å²) in [6.45, 7) is 1.40. The summed E-state index contributed by atoms with van der Waals surface area (Å²) in [5, 5.41) is 1.68. The fourth-order valence-corrected chi connectivity index (χ4v) is 8.83. The zero-order valence-corrected chi connectivity index (χ0v) is 28.2. The Morgan fingerprint density at radius 2 is 1.62 bits per heavy atom. The molecule has 3 heterocycles. The number of imide groups is 1. The Hall–Kier alpha value is -5.09. The van der Waals surface area contributed by atoms with Gasteiger partial charge in [-0.3, -0.25) is 23.7 Å². The maximum atomic E-state index is 14.2. The van der Waals surface area contributed by atoms with Crippen molar-refractivity contribution in [1.82, 2.24) is 4.57 Å². The number of alkyl halides is 3. The lowest BCUT2D eigenvalue weighted by Gasteiger charge is -2.31. The molecule has 50 heavy (non-hydrogen) atoms. The molecule has 0 radical (unpaired) electrons. The second kappa shape index (κ2) is 13.7. The van der Waals surface area contributed by atoms with Crippen LogP contribution in [0.4, 0.5) is 24.5 Å². The number of thioether (sulfide) groups is 1. The fraction of sp³-hybridized carbons (Fsp3) is 0.265. The summed E-state index contributed by atoms with van der Waals surface area (Å²) in [6.07, 6.45) is -4.85. The Labute approximate surface area is 290 Å². The molecule has 0 saturated carbocycles. The van der Waals surface area contributed by atoms with Crippen molar-refractivity contribution >= 4 is 58.2 Å². The van der Waals surface area contributed by atoms with Gasteiger partial charge in [0.15, 0.2) is 11.5 Å². The van der Waals surface area contributed by atoms with Crippen LogP contribution in [0.15, 0.2) is 76.6 Å². The first kappa shape index (κ1) is 34.8. The monoisotopic (exact) mass is 727 g/mol. The minimum atomic E-state index is -4.85. The molecular weight excluding hydrogens is 700 g/mol. The number of hydrogen-bond donors (Lipinski definition) is 1. The van der Waals surface area contributed by atoms with Gasteiger partial charge in [-0.25, -0.2) is 9.69 Å². The number of para-hydroxylation sites is 1. The van der Waals surface area contributed by atoms with E-state index in [1.54, 1.807) is 25.1 Å². The predicted octanol–water partition coefficient (Wildman–Crippen LogP) is 5.56. The maximum Gasteiger partial charge on any atom is 0.418 e. The van der Waals surface area contributed by atoms with E-state index in [-0.39, 0.29) is 22.9 Å². The molecule has 2 aliphatic heterocycles. The van der Waals surface area contributed by atoms with E-state index in [0.717, 1.165) is 35.2 Å². The van der Waals surface area contributed by atoms with E-state index in [1.807, 2.05) is 0 Å². The van der Waals surface area contributed by atoms with Crippen LogP contribution in [0.1, 0.15) is 39.2 Å². The number of thiazole rings is 1. The maximum absolute atomic E-state index is 14.2. The van der Waals surface area contributed by atoms with Crippen molar-refractivity contribution in [2.75, 3.05) is 31.0 Å². The van der Waals surface area contributed by atoms with Gasteiger partial charge in [0.25, 0.3) is 0 Å². The molecule has 1 N–H and O–H groups in total. The fourth-order valence-electron chi connectivity index (χ4n) is 6.05. The molecule has 11 nitrogen and oxygen atoms in total. The third-order valence-electron chi connectivity index (χ3n) is 8.25. The van der Waals surface area contributed by atoms with E-state index < -0.39 is 69.6 Å². The number of hydrogen-bond acceptors (Lipinski definition) is 10. The molecule has 3 aromatic carbocycles. The standard InChI is InChI=1S/C34H28F3N3O8S2/c1-4-48-32(44)17-9-12-19(13-10-17)38-24(41)16-39-31-28(50-33(39)45)25(18-11-14-22(46-2)23(15-18)47-3)26-27(49-31)30(43)40(29(26)42)21-8-6-5-7-20(21)34(35,36)37/h5-15,25-27H,4,16H2,1-3H3,(H,38,41)/t25-,26-,27+/m0/s1. The number of methoxy groups -OCH3 is 2. The number of anilines is 2. The molecule has 260 valence electrons. The van der Waals surface area contributed by atoms with Gasteiger partial charge < -0.3 is 19.5 Å². The Morgan fingerprint density at radius 3 is 2.28 bits per heavy atom. The highest BCUT2D eigenvalue weighted by molar-refractivity contribution is 8.00. The number of nitrogens with one attached hydrogen (secondary N) is 1. The molecule has 2 aliphatic rings. The molecule has 3 amide bonds. The summed E-state index contributed by atoms with van der Waals surface area (Å²) in [5.74, 6) is -4.37. The van der Waals surface area contributed by atoms with Gasteiger partial charge in [0.1, 0.15) is 11.8 Å². The summed E-state index contributed by atoms with van der Waals surface area (Å²) >= 11 is 1.64. The molecule has 0 aliphatic carbocycles. The smallest absolute Gasteiger partial charge is 0.418 e. The number of nitrogens with zero attached hydrogens (tertiary/aromatic N) is 2. The minimum Gasteiger partial charge on any atom is -0.493 e. The third-order valence-corrected chi connectivity index (χ3v) is 10.9. The Morgan fingerprint density at radius 1 is 0.920 bits per heavy atom. The molecule has 0 unspecified atom stereocenters. The van der Waals surface area contributed by atoms with E-state index in [0.29, 0.717) is 26.8 Å². The molecule has 1 aromatic heterocycles. The molecule has 4 aromatic rings. The number of ether oxygens (including phenoxy) is 3. The van der Waals surface area contributed by atoms with Gasteiger partial charge >= 0.3 is 17.0 Å². The van der Waals surface area contributed by atoms with Crippen LogP contribution in [0.5, 0.6) is 11.5 Å². The van der Waals surface area contributed by atoms with Crippen molar-refractivity contribution in [2.24, 2.45) is 5.92 Å². The Kier molecular flexibility index (Phi) is 9.50. The zero-order chi connectivity index (χ0) is 35.9. The number of halogens is 3. The number of aromatic nitrogens is 1. The average molecular weight is 728 g/mol. The number of carbonyl (C=O) groups excluding carboxylic acids is 4. The van der Waals surface area contributed by atoms with Crippen molar-refractivity contribution in [3.63, 3.8) is 0 Å². The summed E-state index contributed by atoms with van der Waals surface area (Å²) in [5.41, 5.74) is -0.669. The van der Waals surface area contributed by atoms with E-state index in [2.05, 4.69) is 5.32 Å². The van der Waals surface area contributed by atoms with Gasteiger partial charge in [-0.15, -0.1) is 0 Å². The van der Waals surface area contributed by atoms with Crippen LogP contribution in [-0.4, -0.2) is 54.3 Å². The van der Waals surface area contributed by atoms with Crippen LogP contribution in [0.25, 0.3) is 0 Å². The van der Waals surface area contributed by atoms with Gasteiger partial charge in [-0.1, -0.05) is 41.3 Å². The number of carbonyl (C=O) groups is 4. The Balaban J connectivity index is 1.40. The first-order chi connectivity index (χ1) is 23.9. The van der Waals surface area contributed by atoms with Crippen molar-refractivity contribution in [3.8, 4) is 11.5 Å². The summed E-state index contributed by atoms with van der Waals surface area (Å²) < 4.78 is 59.2. The average Bonchev–Trinajstić information content (AvgIpc) is 3.53. The van der Waals surface area contributed by atoms with Crippen molar-refractivity contribution in [3.05, 3.63) is 98.0 Å². The molecule has 0 spiro atoms. The van der Waals surface area contributed by atoms with Gasteiger partial charge in [0.05, 0.1) is 48.6 Å². The van der Waals surface area contributed by atoms with Gasteiger partial charge in [0.2, 0.25) is 17.7 Å². The summed E-state index contributed by atoms with van der Waals surface area (Å²) in [4.78, 5) is 67.3. The number of esters is 1. The van der Waals surface area contributed by atoms with E-state index in [1.165, 1.54) is 55.2 Å². The van der Waals surface area contributed by atoms with Crippen LogP contribution in [0.3, 0.4) is 0 Å². The predicted molar refractivity (Wildman–Crippen MR) is 178 cm³/mol. The Bertz CT molecular complexity index is 2060. The summed E-state index contributed by atoms with van der Waals surface area (Å²) in [7, 11) is 2.84. The molecular formula is C34H28F3N3O8S2. The second-order valence-electron chi connectivity index (χ2n) is 11.2. The lowest BCUT2D eigenvalue weighted by molar-refractivity contribution is -0.137. The van der Waals surface area contributed by atoms with Gasteiger partial charge in [0, 0.05) is 16.5 Å². The normalized spacial score (nSPS) is 18.4. The van der Waals surface area contributed by atoms with Crippen molar-refractivity contribution < 1.29 is 46.6 Å². The van der Waals surface area contributed by atoms with Crippen LogP contribution in [0.2, 0.25) is 0 Å². The van der Waals surface area contributed by atoms with E-state index >= 15 is 0 Å². The highest BCUT2D eigenvalue weighted by Gasteiger charge is 2.58. The van der Waals surface area contributed by atoms with E-state index in [9.17, 15) is 37.1 Å². The number of rotatable bonds is 9. The number of amides is 3. The second-order valence-corrected chi connectivity index (χ2v) is 13.3.